The third-order valence-electron chi connectivity index (χ3n) is 2.55. The molecular weight excluding hydrogens is 317 g/mol. The number of halogens is 1. The van der Waals surface area contributed by atoms with Gasteiger partial charge in [0.2, 0.25) is 10.0 Å². The highest BCUT2D eigenvalue weighted by Crippen LogP contribution is 2.34. The van der Waals surface area contributed by atoms with Crippen LogP contribution in [0, 0.1) is 5.82 Å². The number of nitrogens with two attached hydrogens (primary N) is 1. The van der Waals surface area contributed by atoms with Crippen LogP contribution in [0.15, 0.2) is 57.2 Å². The molecule has 0 aliphatic carbocycles. The van der Waals surface area contributed by atoms with Crippen LogP contribution in [0.25, 0.3) is 0 Å². The van der Waals surface area contributed by atoms with Gasteiger partial charge in [0, 0.05) is 9.79 Å². The summed E-state index contributed by atoms with van der Waals surface area (Å²) in [5.41, 5.74) is -0.0908. The van der Waals surface area contributed by atoms with Gasteiger partial charge in [0.05, 0.1) is 10.5 Å². The molecule has 5 nitrogen and oxygen atoms in total. The van der Waals surface area contributed by atoms with Gasteiger partial charge < -0.3 is 5.11 Å². The van der Waals surface area contributed by atoms with Gasteiger partial charge in [0.1, 0.15) is 5.82 Å². The number of hydrogen-bond donors (Lipinski definition) is 2. The zero-order chi connectivity index (χ0) is 15.6. The molecule has 0 radical (unpaired) electrons. The fourth-order valence-electron chi connectivity index (χ4n) is 1.60. The maximum absolute atomic E-state index is 13.8. The molecule has 2 rings (SSSR count). The van der Waals surface area contributed by atoms with Gasteiger partial charge in [-0.2, -0.15) is 0 Å². The summed E-state index contributed by atoms with van der Waals surface area (Å²) in [7, 11) is -3.95. The first-order chi connectivity index (χ1) is 9.79. The molecule has 0 aromatic heterocycles. The van der Waals surface area contributed by atoms with Crippen molar-refractivity contribution < 1.29 is 22.7 Å². The summed E-state index contributed by atoms with van der Waals surface area (Å²) in [6.45, 7) is 0. The maximum Gasteiger partial charge on any atom is 0.335 e. The van der Waals surface area contributed by atoms with Gasteiger partial charge in [-0.3, -0.25) is 0 Å². The van der Waals surface area contributed by atoms with Crippen LogP contribution < -0.4 is 5.14 Å². The topological polar surface area (TPSA) is 97.5 Å². The van der Waals surface area contributed by atoms with E-state index in [0.717, 1.165) is 30.0 Å². The summed E-state index contributed by atoms with van der Waals surface area (Å²) in [5, 5.41) is 14.0. The Bertz CT molecular complexity index is 806. The zero-order valence-corrected chi connectivity index (χ0v) is 12.1. The summed E-state index contributed by atoms with van der Waals surface area (Å²) < 4.78 is 36.7. The van der Waals surface area contributed by atoms with Crippen molar-refractivity contribution in [3.63, 3.8) is 0 Å². The number of carbonyl (C=O) groups is 1. The summed E-state index contributed by atoms with van der Waals surface area (Å²) in [6, 6.07) is 9.14. The van der Waals surface area contributed by atoms with Gasteiger partial charge in [0.25, 0.3) is 0 Å². The smallest absolute Gasteiger partial charge is 0.335 e. The average Bonchev–Trinajstić information content (AvgIpc) is 2.40. The fraction of sp³-hybridized carbons (Fsp3) is 0. The van der Waals surface area contributed by atoms with Crippen molar-refractivity contribution in [2.75, 3.05) is 0 Å². The lowest BCUT2D eigenvalue weighted by Gasteiger charge is -2.08. The average molecular weight is 327 g/mol. The summed E-state index contributed by atoms with van der Waals surface area (Å²) in [4.78, 5) is 11.0. The maximum atomic E-state index is 13.8. The van der Waals surface area contributed by atoms with Crippen molar-refractivity contribution in [1.29, 1.82) is 0 Å². The van der Waals surface area contributed by atoms with E-state index in [4.69, 9.17) is 10.2 Å². The second kappa shape index (κ2) is 5.84. The molecule has 0 aliphatic heterocycles. The SMILES string of the molecule is NS(=O)(=O)c1ccccc1Sc1cc(C(=O)O)ccc1F. The van der Waals surface area contributed by atoms with E-state index in [1.807, 2.05) is 0 Å². The van der Waals surface area contributed by atoms with E-state index < -0.39 is 21.8 Å². The number of rotatable bonds is 4. The van der Waals surface area contributed by atoms with Gasteiger partial charge in [0.15, 0.2) is 0 Å². The highest BCUT2D eigenvalue weighted by atomic mass is 32.2. The molecule has 0 amide bonds. The second-order valence-corrected chi connectivity index (χ2v) is 6.66. The van der Waals surface area contributed by atoms with Crippen molar-refractivity contribution in [2.24, 2.45) is 5.14 Å². The van der Waals surface area contributed by atoms with Gasteiger partial charge in [-0.1, -0.05) is 23.9 Å². The van der Waals surface area contributed by atoms with Crippen LogP contribution in [-0.4, -0.2) is 19.5 Å². The standard InChI is InChI=1S/C13H10FNO4S2/c14-9-6-5-8(13(16)17)7-11(9)20-10-3-1-2-4-12(10)21(15,18)19/h1-7H,(H,16,17)(H2,15,18,19). The molecule has 0 aliphatic rings. The molecule has 0 saturated carbocycles. The minimum absolute atomic E-state index is 0.00556. The van der Waals surface area contributed by atoms with Crippen LogP contribution >= 0.6 is 11.8 Å². The Labute approximate surface area is 124 Å². The van der Waals surface area contributed by atoms with Gasteiger partial charge >= 0.3 is 5.97 Å². The predicted molar refractivity (Wildman–Crippen MR) is 75.3 cm³/mol. The first-order valence-electron chi connectivity index (χ1n) is 5.61. The molecule has 0 spiro atoms. The van der Waals surface area contributed by atoms with Crippen molar-refractivity contribution in [1.82, 2.24) is 0 Å². The highest BCUT2D eigenvalue weighted by molar-refractivity contribution is 8.00. The molecule has 0 unspecified atom stereocenters. The summed E-state index contributed by atoms with van der Waals surface area (Å²) >= 11 is 0.802. The quantitative estimate of drug-likeness (QED) is 0.898. The van der Waals surface area contributed by atoms with E-state index in [-0.39, 0.29) is 20.2 Å². The predicted octanol–water partition coefficient (Wildman–Crippen LogP) is 2.32. The van der Waals surface area contributed by atoms with Crippen LogP contribution in [0.2, 0.25) is 0 Å². The van der Waals surface area contributed by atoms with E-state index >= 15 is 0 Å². The molecule has 0 atom stereocenters. The molecule has 2 aromatic carbocycles. The van der Waals surface area contributed by atoms with Crippen LogP contribution in [0.3, 0.4) is 0 Å². The Kier molecular flexibility index (Phi) is 4.31. The monoisotopic (exact) mass is 327 g/mol. The van der Waals surface area contributed by atoms with E-state index in [9.17, 15) is 17.6 Å². The Morgan fingerprint density at radius 2 is 1.81 bits per heavy atom. The van der Waals surface area contributed by atoms with E-state index in [1.54, 1.807) is 6.07 Å². The lowest BCUT2D eigenvalue weighted by Crippen LogP contribution is -2.13. The lowest BCUT2D eigenvalue weighted by atomic mass is 10.2. The number of hydrogen-bond acceptors (Lipinski definition) is 4. The van der Waals surface area contributed by atoms with Crippen LogP contribution in [0.4, 0.5) is 4.39 Å². The normalized spacial score (nSPS) is 11.3. The minimum Gasteiger partial charge on any atom is -0.478 e. The first kappa shape index (κ1) is 15.5. The molecule has 21 heavy (non-hydrogen) atoms. The third kappa shape index (κ3) is 3.60. The van der Waals surface area contributed by atoms with E-state index in [0.29, 0.717) is 0 Å². The van der Waals surface area contributed by atoms with E-state index in [1.165, 1.54) is 18.2 Å². The Hall–Kier alpha value is -1.90. The molecule has 110 valence electrons. The molecule has 2 aromatic rings. The molecule has 0 saturated heterocycles. The molecule has 3 N–H and O–H groups in total. The number of sulfonamides is 1. The lowest BCUT2D eigenvalue weighted by molar-refractivity contribution is 0.0696. The van der Waals surface area contributed by atoms with Gasteiger partial charge in [-0.25, -0.2) is 22.7 Å². The summed E-state index contributed by atoms with van der Waals surface area (Å²) in [6.07, 6.45) is 0. The number of primary sulfonamides is 1. The number of benzene rings is 2. The Morgan fingerprint density at radius 3 is 2.43 bits per heavy atom. The fourth-order valence-corrected chi connectivity index (χ4v) is 3.60. The van der Waals surface area contributed by atoms with Crippen LogP contribution in [-0.2, 0) is 10.0 Å². The van der Waals surface area contributed by atoms with Gasteiger partial charge in [-0.05, 0) is 30.3 Å². The summed E-state index contributed by atoms with van der Waals surface area (Å²) in [5.74, 6) is -1.84. The largest absolute Gasteiger partial charge is 0.478 e. The minimum atomic E-state index is -3.95. The number of carboxylic acid groups (broad SMARTS) is 1. The highest BCUT2D eigenvalue weighted by Gasteiger charge is 2.16. The molecule has 8 heteroatoms. The number of carboxylic acids is 1. The van der Waals surface area contributed by atoms with E-state index in [2.05, 4.69) is 0 Å². The number of aromatic carboxylic acids is 1. The van der Waals surface area contributed by atoms with Crippen molar-refractivity contribution >= 4 is 27.8 Å². The second-order valence-electron chi connectivity index (χ2n) is 4.04. The zero-order valence-electron chi connectivity index (χ0n) is 10.5. The van der Waals surface area contributed by atoms with Gasteiger partial charge in [-0.15, -0.1) is 0 Å². The Balaban J connectivity index is 2.49. The first-order valence-corrected chi connectivity index (χ1v) is 7.98. The third-order valence-corrected chi connectivity index (χ3v) is 4.76. The van der Waals surface area contributed by atoms with Crippen molar-refractivity contribution in [2.45, 2.75) is 14.7 Å². The molecular formula is C13H10FNO4S2. The van der Waals surface area contributed by atoms with Crippen LogP contribution in [0.1, 0.15) is 10.4 Å². The molecule has 0 heterocycles. The van der Waals surface area contributed by atoms with Crippen LogP contribution in [0.5, 0.6) is 0 Å². The van der Waals surface area contributed by atoms with Crippen molar-refractivity contribution in [3.8, 4) is 0 Å². The Morgan fingerprint density at radius 1 is 1.14 bits per heavy atom. The molecule has 0 fully saturated rings. The molecule has 0 bridgehead atoms. The van der Waals surface area contributed by atoms with Crippen molar-refractivity contribution in [3.05, 3.63) is 53.8 Å².